The summed E-state index contributed by atoms with van der Waals surface area (Å²) in [6, 6.07) is 8.37. The first-order valence-electron chi connectivity index (χ1n) is 7.18. The Morgan fingerprint density at radius 3 is 1.50 bits per heavy atom. The van der Waals surface area contributed by atoms with Gasteiger partial charge >= 0.3 is 57.5 Å². The predicted octanol–water partition coefficient (Wildman–Crippen LogP) is 3.31. The molecule has 0 fully saturated rings. The molecule has 0 unspecified atom stereocenters. The SMILES string of the molecule is CCCN(CCC)CCC.Cc1cc[c]([Al+2])cc1. The molecule has 0 aliphatic rings. The summed E-state index contributed by atoms with van der Waals surface area (Å²) in [7, 11) is 0. The second-order valence-corrected chi connectivity index (χ2v) is 5.42. The van der Waals surface area contributed by atoms with Gasteiger partial charge in [0.2, 0.25) is 0 Å². The van der Waals surface area contributed by atoms with Gasteiger partial charge in [-0.2, -0.15) is 0 Å². The van der Waals surface area contributed by atoms with E-state index < -0.39 is 0 Å². The Labute approximate surface area is 122 Å². The van der Waals surface area contributed by atoms with Gasteiger partial charge in [0.25, 0.3) is 0 Å². The third-order valence-corrected chi connectivity index (χ3v) is 3.08. The van der Waals surface area contributed by atoms with Crippen LogP contribution in [-0.2, 0) is 0 Å². The van der Waals surface area contributed by atoms with E-state index >= 15 is 0 Å². The molecule has 0 N–H and O–H groups in total. The van der Waals surface area contributed by atoms with E-state index in [2.05, 4.69) is 73.2 Å². The number of aryl methyl sites for hydroxylation is 1. The van der Waals surface area contributed by atoms with Crippen LogP contribution in [0.25, 0.3) is 0 Å². The van der Waals surface area contributed by atoms with Crippen LogP contribution in [0.15, 0.2) is 24.3 Å². The van der Waals surface area contributed by atoms with Gasteiger partial charge in [-0.15, -0.1) is 0 Å². The van der Waals surface area contributed by atoms with Crippen molar-refractivity contribution in [2.75, 3.05) is 19.6 Å². The zero-order valence-electron chi connectivity index (χ0n) is 12.6. The van der Waals surface area contributed by atoms with Crippen LogP contribution in [0.5, 0.6) is 0 Å². The third-order valence-electron chi connectivity index (χ3n) is 2.70. The van der Waals surface area contributed by atoms with Crippen LogP contribution in [0.2, 0.25) is 0 Å². The van der Waals surface area contributed by atoms with Crippen LogP contribution in [0.3, 0.4) is 0 Å². The fraction of sp³-hybridized carbons (Fsp3) is 0.625. The summed E-state index contributed by atoms with van der Waals surface area (Å²) in [5, 5.41) is 0. The molecule has 2 heteroatoms. The average Bonchev–Trinajstić information content (AvgIpc) is 2.35. The first-order chi connectivity index (χ1) is 8.63. The van der Waals surface area contributed by atoms with Crippen molar-refractivity contribution in [1.29, 1.82) is 0 Å². The molecule has 0 spiro atoms. The number of nitrogens with zero attached hydrogens (tertiary/aromatic N) is 1. The van der Waals surface area contributed by atoms with Gasteiger partial charge in [-0.05, 0) is 38.9 Å². The Kier molecular flexibility index (Phi) is 11.6. The fourth-order valence-electron chi connectivity index (χ4n) is 1.85. The summed E-state index contributed by atoms with van der Waals surface area (Å²) >= 11 is 2.65. The second-order valence-electron chi connectivity index (χ2n) is 4.75. The van der Waals surface area contributed by atoms with Gasteiger partial charge in [0.15, 0.2) is 0 Å². The summed E-state index contributed by atoms with van der Waals surface area (Å²) in [6.45, 7) is 12.7. The summed E-state index contributed by atoms with van der Waals surface area (Å²) in [5.74, 6) is 0. The van der Waals surface area contributed by atoms with Crippen molar-refractivity contribution in [3.63, 3.8) is 0 Å². The van der Waals surface area contributed by atoms with Crippen molar-refractivity contribution >= 4 is 20.7 Å². The van der Waals surface area contributed by atoms with E-state index in [1.165, 1.54) is 48.9 Å². The Balaban J connectivity index is 0.000000327. The van der Waals surface area contributed by atoms with Crippen LogP contribution in [0.4, 0.5) is 0 Å². The van der Waals surface area contributed by atoms with Crippen molar-refractivity contribution in [2.24, 2.45) is 0 Å². The molecule has 98 valence electrons. The third kappa shape index (κ3) is 9.71. The number of hydrogen-bond acceptors (Lipinski definition) is 1. The van der Waals surface area contributed by atoms with Gasteiger partial charge in [0.05, 0.1) is 0 Å². The van der Waals surface area contributed by atoms with Crippen molar-refractivity contribution in [3.05, 3.63) is 29.8 Å². The average molecular weight is 261 g/mol. The molecule has 0 amide bonds. The molecular weight excluding hydrogens is 233 g/mol. The van der Waals surface area contributed by atoms with Crippen molar-refractivity contribution < 1.29 is 0 Å². The Morgan fingerprint density at radius 2 is 1.22 bits per heavy atom. The summed E-state index contributed by atoms with van der Waals surface area (Å²) in [4.78, 5) is 2.54. The van der Waals surface area contributed by atoms with E-state index in [9.17, 15) is 0 Å². The molecule has 0 aliphatic heterocycles. The van der Waals surface area contributed by atoms with Crippen molar-refractivity contribution in [2.45, 2.75) is 47.0 Å². The number of rotatable bonds is 6. The van der Waals surface area contributed by atoms with E-state index in [-0.39, 0.29) is 0 Å². The number of hydrogen-bond donors (Lipinski definition) is 0. The first kappa shape index (κ1) is 17.7. The van der Waals surface area contributed by atoms with Gasteiger partial charge < -0.3 is 4.90 Å². The molecule has 1 aromatic rings. The van der Waals surface area contributed by atoms with Crippen molar-refractivity contribution in [1.82, 2.24) is 4.90 Å². The second kappa shape index (κ2) is 11.8. The maximum atomic E-state index is 2.65. The molecule has 1 nitrogen and oxygen atoms in total. The monoisotopic (exact) mass is 261 g/mol. The minimum absolute atomic E-state index is 1.25. The molecular formula is C16H28AlN+2. The van der Waals surface area contributed by atoms with E-state index in [0.717, 1.165) is 0 Å². The molecule has 0 bridgehead atoms. The van der Waals surface area contributed by atoms with Crippen molar-refractivity contribution in [3.8, 4) is 0 Å². The van der Waals surface area contributed by atoms with E-state index in [1.807, 2.05) is 0 Å². The standard InChI is InChI=1S/C9H21N.C7H7.Al/c1-4-7-10(8-5-2)9-6-3;1-7-5-3-2-4-6-7;/h4-9H2,1-3H3;3-6H,1H3;/q;;+2. The number of benzene rings is 1. The molecule has 18 heavy (non-hydrogen) atoms. The molecule has 0 aliphatic carbocycles. The van der Waals surface area contributed by atoms with Gasteiger partial charge in [0, 0.05) is 0 Å². The van der Waals surface area contributed by atoms with Crippen LogP contribution in [-0.4, -0.2) is 40.8 Å². The van der Waals surface area contributed by atoms with E-state index in [4.69, 9.17) is 0 Å². The van der Waals surface area contributed by atoms with Gasteiger partial charge in [0.1, 0.15) is 0 Å². The molecule has 0 saturated carbocycles. The van der Waals surface area contributed by atoms with Gasteiger partial charge in [-0.3, -0.25) is 0 Å². The quantitative estimate of drug-likeness (QED) is 0.710. The van der Waals surface area contributed by atoms with E-state index in [0.29, 0.717) is 0 Å². The summed E-state index contributed by atoms with van der Waals surface area (Å²) in [6.07, 6.45) is 3.88. The molecule has 1 rings (SSSR count). The van der Waals surface area contributed by atoms with Gasteiger partial charge in [-0.25, -0.2) is 0 Å². The molecule has 0 radical (unpaired) electrons. The van der Waals surface area contributed by atoms with Crippen LogP contribution >= 0.6 is 0 Å². The summed E-state index contributed by atoms with van der Waals surface area (Å²) < 4.78 is 1.25. The molecule has 1 aromatic carbocycles. The zero-order chi connectivity index (χ0) is 13.8. The maximum absolute atomic E-state index is 2.65. The fourth-order valence-corrected chi connectivity index (χ4v) is 2.04. The topological polar surface area (TPSA) is 3.24 Å². The van der Waals surface area contributed by atoms with Gasteiger partial charge in [-0.1, -0.05) is 20.8 Å². The normalized spacial score (nSPS) is 10.2. The first-order valence-corrected chi connectivity index (χ1v) is 7.76. The molecule has 0 heterocycles. The van der Waals surface area contributed by atoms with E-state index in [1.54, 1.807) is 0 Å². The zero-order valence-corrected chi connectivity index (χ0v) is 13.7. The Bertz CT molecular complexity index is 246. The molecule has 0 atom stereocenters. The Hall–Kier alpha value is -0.288. The minimum atomic E-state index is 1.25. The van der Waals surface area contributed by atoms with Crippen LogP contribution < -0.4 is 4.43 Å². The molecule has 0 saturated heterocycles. The predicted molar refractivity (Wildman–Crippen MR) is 83.9 cm³/mol. The van der Waals surface area contributed by atoms with Crippen LogP contribution in [0, 0.1) is 6.92 Å². The Morgan fingerprint density at radius 1 is 0.833 bits per heavy atom. The summed E-state index contributed by atoms with van der Waals surface area (Å²) in [5.41, 5.74) is 1.32. The molecule has 0 aromatic heterocycles. The van der Waals surface area contributed by atoms with Crippen LogP contribution in [0.1, 0.15) is 45.6 Å².